The summed E-state index contributed by atoms with van der Waals surface area (Å²) < 4.78 is 7.67. The van der Waals surface area contributed by atoms with Gasteiger partial charge in [-0.3, -0.25) is 9.13 Å². The molecule has 1 aromatic heterocycles. The lowest BCUT2D eigenvalue weighted by Gasteiger charge is -2.04. The van der Waals surface area contributed by atoms with Crippen LogP contribution in [0.3, 0.4) is 0 Å². The third-order valence-electron chi connectivity index (χ3n) is 2.96. The van der Waals surface area contributed by atoms with Gasteiger partial charge in [0.05, 0.1) is 18.1 Å². The number of rotatable bonds is 2. The molecule has 1 N–H and O–H groups in total. The Hall–Kier alpha value is -2.24. The van der Waals surface area contributed by atoms with Gasteiger partial charge in [0, 0.05) is 20.6 Å². The maximum atomic E-state index is 11.7. The second kappa shape index (κ2) is 4.56. The molecule has 0 atom stereocenters. The van der Waals surface area contributed by atoms with Gasteiger partial charge in [-0.15, -0.1) is 0 Å². The van der Waals surface area contributed by atoms with E-state index in [0.717, 1.165) is 16.6 Å². The molecule has 0 saturated heterocycles. The van der Waals surface area contributed by atoms with Crippen molar-refractivity contribution in [3.63, 3.8) is 0 Å². The topological polar surface area (TPSA) is 65.3 Å². The Labute approximate surface area is 104 Å². The number of fused-ring (bicyclic) bond motifs is 1. The molecule has 96 valence electrons. The molecule has 0 unspecified atom stereocenters. The Kier molecular flexibility index (Phi) is 3.10. The number of imidazole rings is 1. The minimum atomic E-state index is -0.475. The zero-order valence-corrected chi connectivity index (χ0v) is 10.6. The molecule has 1 heterocycles. The van der Waals surface area contributed by atoms with Crippen molar-refractivity contribution < 1.29 is 9.53 Å². The molecule has 0 aliphatic heterocycles. The second-order valence-electron chi connectivity index (χ2n) is 4.07. The predicted octanol–water partition coefficient (Wildman–Crippen LogP) is 0.733. The summed E-state index contributed by atoms with van der Waals surface area (Å²) in [6.07, 6.45) is -0.475. The van der Waals surface area contributed by atoms with Gasteiger partial charge in [0.25, 0.3) is 0 Å². The Bertz CT molecular complexity index is 654. The maximum Gasteiger partial charge on any atom is 0.407 e. The summed E-state index contributed by atoms with van der Waals surface area (Å²) in [4.78, 5) is 22.7. The number of nitrogens with one attached hydrogen (secondary N) is 1. The van der Waals surface area contributed by atoms with E-state index in [0.29, 0.717) is 6.54 Å². The number of methoxy groups -OCH3 is 1. The van der Waals surface area contributed by atoms with E-state index < -0.39 is 6.09 Å². The fourth-order valence-corrected chi connectivity index (χ4v) is 1.91. The van der Waals surface area contributed by atoms with Crippen LogP contribution in [0.5, 0.6) is 0 Å². The third-order valence-corrected chi connectivity index (χ3v) is 2.96. The Morgan fingerprint density at radius 1 is 1.28 bits per heavy atom. The molecule has 0 aliphatic carbocycles. The largest absolute Gasteiger partial charge is 0.453 e. The minimum Gasteiger partial charge on any atom is -0.453 e. The highest BCUT2D eigenvalue weighted by Crippen LogP contribution is 2.13. The zero-order chi connectivity index (χ0) is 13.3. The Morgan fingerprint density at radius 2 is 1.94 bits per heavy atom. The van der Waals surface area contributed by atoms with Gasteiger partial charge in [0.1, 0.15) is 0 Å². The third kappa shape index (κ3) is 1.97. The molecule has 6 nitrogen and oxygen atoms in total. The summed E-state index contributed by atoms with van der Waals surface area (Å²) in [5, 5.41) is 2.60. The molecule has 0 saturated carbocycles. The lowest BCUT2D eigenvalue weighted by molar-refractivity contribution is 0.170. The molecule has 2 aromatic rings. The molecular weight excluding hydrogens is 234 g/mol. The van der Waals surface area contributed by atoms with Crippen LogP contribution in [0.1, 0.15) is 5.56 Å². The SMILES string of the molecule is COC(=O)NCc1ccc2c(c1)n(C)c(=O)n2C. The van der Waals surface area contributed by atoms with E-state index in [1.165, 1.54) is 7.11 Å². The Morgan fingerprint density at radius 3 is 2.61 bits per heavy atom. The first kappa shape index (κ1) is 12.2. The van der Waals surface area contributed by atoms with Crippen LogP contribution in [-0.2, 0) is 25.4 Å². The first-order valence-corrected chi connectivity index (χ1v) is 5.50. The number of hydrogen-bond donors (Lipinski definition) is 1. The molecule has 6 heteroatoms. The first-order valence-electron chi connectivity index (χ1n) is 5.50. The summed E-state index contributed by atoms with van der Waals surface area (Å²) in [6, 6.07) is 5.62. The van der Waals surface area contributed by atoms with E-state index in [-0.39, 0.29) is 5.69 Å². The van der Waals surface area contributed by atoms with Crippen LogP contribution in [0, 0.1) is 0 Å². The van der Waals surface area contributed by atoms with Gasteiger partial charge < -0.3 is 10.1 Å². The minimum absolute atomic E-state index is 0.0666. The van der Waals surface area contributed by atoms with E-state index in [2.05, 4.69) is 10.1 Å². The lowest BCUT2D eigenvalue weighted by Crippen LogP contribution is -2.22. The summed E-state index contributed by atoms with van der Waals surface area (Å²) in [5.41, 5.74) is 2.55. The fourth-order valence-electron chi connectivity index (χ4n) is 1.91. The van der Waals surface area contributed by atoms with E-state index >= 15 is 0 Å². The van der Waals surface area contributed by atoms with Crippen LogP contribution in [0.2, 0.25) is 0 Å². The molecule has 1 amide bonds. The zero-order valence-electron chi connectivity index (χ0n) is 10.6. The number of aromatic nitrogens is 2. The highest BCUT2D eigenvalue weighted by atomic mass is 16.5. The predicted molar refractivity (Wildman–Crippen MR) is 67.4 cm³/mol. The molecule has 2 rings (SSSR count). The van der Waals surface area contributed by atoms with E-state index in [1.54, 1.807) is 23.2 Å². The number of carbonyl (C=O) groups excluding carboxylic acids is 1. The number of alkyl carbamates (subject to hydrolysis) is 1. The van der Waals surface area contributed by atoms with Gasteiger partial charge in [-0.05, 0) is 17.7 Å². The number of ether oxygens (including phenoxy) is 1. The monoisotopic (exact) mass is 249 g/mol. The highest BCUT2D eigenvalue weighted by molar-refractivity contribution is 5.77. The average molecular weight is 249 g/mol. The van der Waals surface area contributed by atoms with Crippen molar-refractivity contribution in [1.82, 2.24) is 14.5 Å². The quantitative estimate of drug-likeness (QED) is 0.853. The fraction of sp³-hybridized carbons (Fsp3) is 0.333. The van der Waals surface area contributed by atoms with Crippen molar-refractivity contribution in [2.24, 2.45) is 14.1 Å². The van der Waals surface area contributed by atoms with Crippen molar-refractivity contribution in [3.8, 4) is 0 Å². The average Bonchev–Trinajstić information content (AvgIpc) is 2.61. The van der Waals surface area contributed by atoms with E-state index in [4.69, 9.17) is 0 Å². The number of nitrogens with zero attached hydrogens (tertiary/aromatic N) is 2. The van der Waals surface area contributed by atoms with Crippen molar-refractivity contribution in [2.75, 3.05) is 7.11 Å². The molecule has 0 spiro atoms. The first-order chi connectivity index (χ1) is 8.54. The van der Waals surface area contributed by atoms with Gasteiger partial charge in [-0.2, -0.15) is 0 Å². The number of benzene rings is 1. The second-order valence-corrected chi connectivity index (χ2v) is 4.07. The number of carbonyl (C=O) groups is 1. The van der Waals surface area contributed by atoms with Crippen molar-refractivity contribution in [2.45, 2.75) is 6.54 Å². The molecule has 0 bridgehead atoms. The molecule has 1 aromatic carbocycles. The van der Waals surface area contributed by atoms with Crippen molar-refractivity contribution in [3.05, 3.63) is 34.2 Å². The number of amides is 1. The smallest absolute Gasteiger partial charge is 0.407 e. The Balaban J connectivity index is 2.36. The van der Waals surface area contributed by atoms with Crippen LogP contribution >= 0.6 is 0 Å². The van der Waals surface area contributed by atoms with Gasteiger partial charge in [-0.25, -0.2) is 9.59 Å². The molecule has 18 heavy (non-hydrogen) atoms. The van der Waals surface area contributed by atoms with Gasteiger partial charge in [0.2, 0.25) is 0 Å². The highest BCUT2D eigenvalue weighted by Gasteiger charge is 2.08. The van der Waals surface area contributed by atoms with Gasteiger partial charge in [0.15, 0.2) is 0 Å². The van der Waals surface area contributed by atoms with E-state index in [9.17, 15) is 9.59 Å². The van der Waals surface area contributed by atoms with Crippen LogP contribution in [0.25, 0.3) is 11.0 Å². The maximum absolute atomic E-state index is 11.7. The lowest BCUT2D eigenvalue weighted by atomic mass is 10.2. The van der Waals surface area contributed by atoms with Crippen molar-refractivity contribution >= 4 is 17.1 Å². The van der Waals surface area contributed by atoms with E-state index in [1.807, 2.05) is 18.2 Å². The molecule has 0 aliphatic rings. The summed E-state index contributed by atoms with van der Waals surface area (Å²) in [6.45, 7) is 0.367. The van der Waals surface area contributed by atoms with Crippen LogP contribution in [0.15, 0.2) is 23.0 Å². The summed E-state index contributed by atoms with van der Waals surface area (Å²) in [5.74, 6) is 0. The molecule has 0 radical (unpaired) electrons. The normalized spacial score (nSPS) is 10.6. The van der Waals surface area contributed by atoms with Crippen LogP contribution < -0.4 is 11.0 Å². The summed E-state index contributed by atoms with van der Waals surface area (Å²) >= 11 is 0. The van der Waals surface area contributed by atoms with Gasteiger partial charge in [-0.1, -0.05) is 6.07 Å². The van der Waals surface area contributed by atoms with Crippen LogP contribution in [0.4, 0.5) is 4.79 Å². The van der Waals surface area contributed by atoms with Crippen LogP contribution in [-0.4, -0.2) is 22.3 Å². The van der Waals surface area contributed by atoms with Gasteiger partial charge >= 0.3 is 11.8 Å². The standard InChI is InChI=1S/C12H15N3O3/c1-14-9-5-4-8(7-13-11(16)18-3)6-10(9)15(2)12(14)17/h4-6H,7H2,1-3H3,(H,13,16). The summed E-state index contributed by atoms with van der Waals surface area (Å²) in [7, 11) is 4.78. The van der Waals surface area contributed by atoms with Crippen molar-refractivity contribution in [1.29, 1.82) is 0 Å². The number of hydrogen-bond acceptors (Lipinski definition) is 3. The number of aryl methyl sites for hydroxylation is 2. The molecule has 0 fully saturated rings. The molecular formula is C12H15N3O3.